The quantitative estimate of drug-likeness (QED) is 0.850. The Kier molecular flexibility index (Phi) is 2.52. The molecule has 0 spiro atoms. The number of hydrogen-bond acceptors (Lipinski definition) is 3. The minimum absolute atomic E-state index is 0.466. The first-order valence-electron chi connectivity index (χ1n) is 5.95. The summed E-state index contributed by atoms with van der Waals surface area (Å²) in [5, 5.41) is 4.58. The molecule has 1 unspecified atom stereocenters. The number of aliphatic imine (C=N–C) groups is 1. The van der Waals surface area contributed by atoms with Crippen molar-refractivity contribution in [2.45, 2.75) is 19.4 Å². The summed E-state index contributed by atoms with van der Waals surface area (Å²) in [7, 11) is 0. The van der Waals surface area contributed by atoms with Crippen LogP contribution in [0.15, 0.2) is 41.5 Å². The van der Waals surface area contributed by atoms with Crippen molar-refractivity contribution in [3.63, 3.8) is 0 Å². The van der Waals surface area contributed by atoms with Gasteiger partial charge in [0.2, 0.25) is 0 Å². The fourth-order valence-corrected chi connectivity index (χ4v) is 2.22. The molecule has 3 rings (SSSR count). The second-order valence-corrected chi connectivity index (χ2v) is 4.50. The number of amidine groups is 1. The van der Waals surface area contributed by atoms with Crippen molar-refractivity contribution in [1.29, 1.82) is 0 Å². The van der Waals surface area contributed by atoms with E-state index in [1.165, 1.54) is 10.9 Å². The van der Waals surface area contributed by atoms with Gasteiger partial charge in [0.25, 0.3) is 0 Å². The van der Waals surface area contributed by atoms with Crippen LogP contribution in [-0.4, -0.2) is 23.4 Å². The first-order valence-corrected chi connectivity index (χ1v) is 5.95. The molecular weight excluding hydrogens is 210 g/mol. The van der Waals surface area contributed by atoms with Crippen LogP contribution in [0.2, 0.25) is 0 Å². The zero-order chi connectivity index (χ0) is 11.7. The third-order valence-electron chi connectivity index (χ3n) is 3.04. The van der Waals surface area contributed by atoms with Crippen LogP contribution in [0, 0.1) is 0 Å². The highest BCUT2D eigenvalue weighted by Gasteiger charge is 2.13. The van der Waals surface area contributed by atoms with Crippen molar-refractivity contribution in [2.75, 3.05) is 6.54 Å². The first kappa shape index (κ1) is 10.3. The molecule has 1 aliphatic heterocycles. The smallest absolute Gasteiger partial charge is 0.101 e. The Morgan fingerprint density at radius 3 is 3.00 bits per heavy atom. The van der Waals surface area contributed by atoms with Gasteiger partial charge in [0.05, 0.1) is 12.1 Å². The summed E-state index contributed by atoms with van der Waals surface area (Å²) in [6.07, 6.45) is 2.69. The van der Waals surface area contributed by atoms with E-state index >= 15 is 0 Å². The summed E-state index contributed by atoms with van der Waals surface area (Å²) in [6.45, 7) is 3.03. The molecule has 3 nitrogen and oxygen atoms in total. The minimum Gasteiger partial charge on any atom is -0.369 e. The Hall–Kier alpha value is -1.90. The van der Waals surface area contributed by atoms with Crippen LogP contribution in [0.5, 0.6) is 0 Å². The van der Waals surface area contributed by atoms with E-state index in [0.717, 1.165) is 24.3 Å². The van der Waals surface area contributed by atoms with Gasteiger partial charge in [-0.2, -0.15) is 0 Å². The predicted molar refractivity (Wildman–Crippen MR) is 70.3 cm³/mol. The lowest BCUT2D eigenvalue weighted by atomic mass is 10.1. The van der Waals surface area contributed by atoms with Crippen molar-refractivity contribution in [2.24, 2.45) is 4.99 Å². The molecule has 2 aromatic rings. The van der Waals surface area contributed by atoms with E-state index in [2.05, 4.69) is 46.5 Å². The number of fused-ring (bicyclic) bond motifs is 1. The topological polar surface area (TPSA) is 37.3 Å². The van der Waals surface area contributed by atoms with Crippen LogP contribution in [0.25, 0.3) is 10.9 Å². The Bertz CT molecular complexity index is 569. The molecule has 0 amide bonds. The standard InChI is InChI=1S/C14H15N3/c1-10-9-16-13(17-10)8-12-5-2-4-11-6-3-7-15-14(11)12/h2-7,10H,8-9H2,1H3,(H,16,17). The lowest BCUT2D eigenvalue weighted by Gasteiger charge is -2.08. The maximum atomic E-state index is 4.50. The highest BCUT2D eigenvalue weighted by molar-refractivity contribution is 5.91. The molecule has 0 fully saturated rings. The molecule has 0 radical (unpaired) electrons. The van der Waals surface area contributed by atoms with Crippen molar-refractivity contribution in [1.82, 2.24) is 10.3 Å². The molecule has 1 aromatic heterocycles. The normalized spacial score (nSPS) is 19.1. The highest BCUT2D eigenvalue weighted by atomic mass is 15.1. The second-order valence-electron chi connectivity index (χ2n) is 4.50. The molecule has 0 saturated heterocycles. The molecule has 0 saturated carbocycles. The Morgan fingerprint density at radius 2 is 2.18 bits per heavy atom. The number of nitrogens with zero attached hydrogens (tertiary/aromatic N) is 2. The van der Waals surface area contributed by atoms with Crippen LogP contribution >= 0.6 is 0 Å². The number of rotatable bonds is 2. The van der Waals surface area contributed by atoms with Gasteiger partial charge in [-0.3, -0.25) is 9.98 Å². The summed E-state index contributed by atoms with van der Waals surface area (Å²) < 4.78 is 0. The van der Waals surface area contributed by atoms with E-state index in [9.17, 15) is 0 Å². The molecule has 0 aliphatic carbocycles. The monoisotopic (exact) mass is 225 g/mol. The molecule has 2 heterocycles. The van der Waals surface area contributed by atoms with Crippen LogP contribution in [0.1, 0.15) is 12.5 Å². The summed E-state index contributed by atoms with van der Waals surface area (Å²) in [5.74, 6) is 1.08. The second kappa shape index (κ2) is 4.17. The number of benzene rings is 1. The molecule has 1 aliphatic rings. The fraction of sp³-hybridized carbons (Fsp3) is 0.286. The van der Waals surface area contributed by atoms with E-state index in [1.807, 2.05) is 12.3 Å². The molecule has 3 heteroatoms. The summed E-state index contributed by atoms with van der Waals surface area (Å²) in [4.78, 5) is 8.96. The minimum atomic E-state index is 0.466. The van der Waals surface area contributed by atoms with Gasteiger partial charge in [0, 0.05) is 24.0 Å². The largest absolute Gasteiger partial charge is 0.369 e. The molecule has 1 N–H and O–H groups in total. The Balaban J connectivity index is 1.95. The molecule has 1 atom stereocenters. The van der Waals surface area contributed by atoms with Gasteiger partial charge in [0.15, 0.2) is 0 Å². The van der Waals surface area contributed by atoms with Crippen molar-refractivity contribution >= 4 is 16.7 Å². The van der Waals surface area contributed by atoms with Gasteiger partial charge in [-0.15, -0.1) is 0 Å². The van der Waals surface area contributed by atoms with Gasteiger partial charge in [0.1, 0.15) is 5.84 Å². The van der Waals surface area contributed by atoms with E-state index < -0.39 is 0 Å². The highest BCUT2D eigenvalue weighted by Crippen LogP contribution is 2.17. The van der Waals surface area contributed by atoms with Crippen LogP contribution in [-0.2, 0) is 6.42 Å². The number of hydrogen-bond donors (Lipinski definition) is 1. The van der Waals surface area contributed by atoms with E-state index in [1.54, 1.807) is 0 Å². The van der Waals surface area contributed by atoms with Crippen LogP contribution in [0.3, 0.4) is 0 Å². The van der Waals surface area contributed by atoms with Crippen LogP contribution in [0.4, 0.5) is 0 Å². The number of aromatic nitrogens is 1. The van der Waals surface area contributed by atoms with Crippen molar-refractivity contribution in [3.05, 3.63) is 42.1 Å². The maximum Gasteiger partial charge on any atom is 0.101 e. The maximum absolute atomic E-state index is 4.50. The number of nitrogens with one attached hydrogen (secondary N) is 1. The Labute approximate surface area is 101 Å². The average Bonchev–Trinajstić information content (AvgIpc) is 2.75. The van der Waals surface area contributed by atoms with E-state index in [4.69, 9.17) is 0 Å². The SMILES string of the molecule is CC1CN=C(Cc2cccc3cccnc23)N1. The van der Waals surface area contributed by atoms with Crippen molar-refractivity contribution in [3.8, 4) is 0 Å². The predicted octanol–water partition coefficient (Wildman–Crippen LogP) is 2.17. The van der Waals surface area contributed by atoms with Gasteiger partial charge in [-0.05, 0) is 18.6 Å². The third-order valence-corrected chi connectivity index (χ3v) is 3.04. The lowest BCUT2D eigenvalue weighted by Crippen LogP contribution is -2.28. The first-order chi connectivity index (χ1) is 8.33. The average molecular weight is 225 g/mol. The zero-order valence-electron chi connectivity index (χ0n) is 9.85. The van der Waals surface area contributed by atoms with Gasteiger partial charge >= 0.3 is 0 Å². The lowest BCUT2D eigenvalue weighted by molar-refractivity contribution is 0.723. The van der Waals surface area contributed by atoms with Crippen molar-refractivity contribution < 1.29 is 0 Å². The number of para-hydroxylation sites is 1. The summed E-state index contributed by atoms with van der Waals surface area (Å²) in [5.41, 5.74) is 2.32. The summed E-state index contributed by atoms with van der Waals surface area (Å²) >= 11 is 0. The number of pyridine rings is 1. The Morgan fingerprint density at radius 1 is 1.29 bits per heavy atom. The molecule has 1 aromatic carbocycles. The van der Waals surface area contributed by atoms with Gasteiger partial charge in [-0.1, -0.05) is 24.3 Å². The van der Waals surface area contributed by atoms with E-state index in [-0.39, 0.29) is 0 Å². The molecule has 0 bridgehead atoms. The van der Waals surface area contributed by atoms with E-state index in [0.29, 0.717) is 6.04 Å². The fourth-order valence-electron chi connectivity index (χ4n) is 2.22. The third kappa shape index (κ3) is 2.00. The molecule has 17 heavy (non-hydrogen) atoms. The zero-order valence-corrected chi connectivity index (χ0v) is 9.85. The van der Waals surface area contributed by atoms with Crippen LogP contribution < -0.4 is 5.32 Å². The molecular formula is C14H15N3. The van der Waals surface area contributed by atoms with Gasteiger partial charge < -0.3 is 5.32 Å². The summed E-state index contributed by atoms with van der Waals surface area (Å²) in [6, 6.07) is 10.8. The molecule has 86 valence electrons. The van der Waals surface area contributed by atoms with Gasteiger partial charge in [-0.25, -0.2) is 0 Å².